The van der Waals surface area contributed by atoms with Gasteiger partial charge in [-0.15, -0.1) is 0 Å². The van der Waals surface area contributed by atoms with E-state index in [9.17, 15) is 14.5 Å². The first-order valence-corrected chi connectivity index (χ1v) is 10.00. The van der Waals surface area contributed by atoms with E-state index in [1.54, 1.807) is 30.3 Å². The van der Waals surface area contributed by atoms with Crippen LogP contribution in [0.25, 0.3) is 0 Å². The summed E-state index contributed by atoms with van der Waals surface area (Å²) in [5, 5.41) is 15.1. The van der Waals surface area contributed by atoms with Gasteiger partial charge in [-0.3, -0.25) is 15.5 Å². The molecule has 0 atom stereocenters. The van der Waals surface area contributed by atoms with Gasteiger partial charge in [-0.25, -0.2) is 9.37 Å². The van der Waals surface area contributed by atoms with Crippen LogP contribution in [-0.4, -0.2) is 22.7 Å². The summed E-state index contributed by atoms with van der Waals surface area (Å²) in [5.74, 6) is 0.558. The number of hydrazone groups is 1. The van der Waals surface area contributed by atoms with Crippen LogP contribution >= 0.6 is 15.9 Å². The van der Waals surface area contributed by atoms with Crippen molar-refractivity contribution >= 4 is 33.6 Å². The van der Waals surface area contributed by atoms with E-state index in [1.165, 1.54) is 30.6 Å². The lowest BCUT2D eigenvalue weighted by molar-refractivity contribution is -0.384. The fourth-order valence-electron chi connectivity index (χ4n) is 2.60. The highest BCUT2D eigenvalue weighted by Gasteiger charge is 2.14. The van der Waals surface area contributed by atoms with Gasteiger partial charge in [-0.1, -0.05) is 18.2 Å². The third-order valence-corrected chi connectivity index (χ3v) is 4.75. The van der Waals surface area contributed by atoms with E-state index in [0.717, 1.165) is 0 Å². The molecule has 8 nitrogen and oxygen atoms in total. The van der Waals surface area contributed by atoms with Crippen molar-refractivity contribution in [2.45, 2.75) is 13.5 Å². The average Bonchev–Trinajstić information content (AvgIpc) is 2.76. The molecule has 0 amide bonds. The van der Waals surface area contributed by atoms with Crippen LogP contribution in [0.3, 0.4) is 0 Å². The highest BCUT2D eigenvalue weighted by atomic mass is 79.9. The Morgan fingerprint density at radius 1 is 1.23 bits per heavy atom. The van der Waals surface area contributed by atoms with Gasteiger partial charge in [0.15, 0.2) is 11.5 Å². The summed E-state index contributed by atoms with van der Waals surface area (Å²) >= 11 is 3.44. The highest BCUT2D eigenvalue weighted by Crippen LogP contribution is 2.34. The van der Waals surface area contributed by atoms with Crippen LogP contribution in [0.15, 0.2) is 64.3 Å². The largest absolute Gasteiger partial charge is 0.490 e. The molecule has 0 bridgehead atoms. The van der Waals surface area contributed by atoms with E-state index in [-0.39, 0.29) is 23.9 Å². The van der Waals surface area contributed by atoms with E-state index in [4.69, 9.17) is 9.47 Å². The lowest BCUT2D eigenvalue weighted by Crippen LogP contribution is -2.03. The Labute approximate surface area is 186 Å². The number of nitrogens with zero attached hydrogens (tertiary/aromatic N) is 3. The molecular weight excluding hydrogens is 471 g/mol. The monoisotopic (exact) mass is 488 g/mol. The molecule has 2 aromatic carbocycles. The maximum atomic E-state index is 13.8. The number of rotatable bonds is 9. The summed E-state index contributed by atoms with van der Waals surface area (Å²) in [7, 11) is 0. The number of nitrogens with one attached hydrogen (secondary N) is 1. The maximum Gasteiger partial charge on any atom is 0.313 e. The van der Waals surface area contributed by atoms with Crippen LogP contribution < -0.4 is 14.9 Å². The number of ether oxygens (including phenoxy) is 2. The summed E-state index contributed by atoms with van der Waals surface area (Å²) in [5.41, 5.74) is 3.44. The Morgan fingerprint density at radius 2 is 2.00 bits per heavy atom. The zero-order valence-corrected chi connectivity index (χ0v) is 18.0. The summed E-state index contributed by atoms with van der Waals surface area (Å²) in [6.07, 6.45) is 2.89. The third kappa shape index (κ3) is 5.76. The molecule has 0 fully saturated rings. The molecule has 0 aliphatic heterocycles. The molecule has 3 rings (SSSR count). The summed E-state index contributed by atoms with van der Waals surface area (Å²) < 4.78 is 25.9. The summed E-state index contributed by atoms with van der Waals surface area (Å²) in [6.45, 7) is 2.27. The van der Waals surface area contributed by atoms with Crippen molar-refractivity contribution < 1.29 is 18.8 Å². The Bertz CT molecular complexity index is 1110. The van der Waals surface area contributed by atoms with E-state index in [1.807, 2.05) is 6.92 Å². The molecule has 0 saturated heterocycles. The molecule has 0 spiro atoms. The minimum absolute atomic E-state index is 0.0229. The van der Waals surface area contributed by atoms with Crippen LogP contribution in [0.1, 0.15) is 18.1 Å². The Morgan fingerprint density at radius 3 is 2.74 bits per heavy atom. The van der Waals surface area contributed by atoms with Gasteiger partial charge in [0, 0.05) is 27.9 Å². The molecule has 1 aromatic heterocycles. The van der Waals surface area contributed by atoms with Gasteiger partial charge in [-0.2, -0.15) is 5.10 Å². The fraction of sp³-hybridized carbons (Fsp3) is 0.143. The van der Waals surface area contributed by atoms with Gasteiger partial charge in [0.25, 0.3) is 0 Å². The first-order valence-electron chi connectivity index (χ1n) is 9.20. The van der Waals surface area contributed by atoms with E-state index >= 15 is 0 Å². The Balaban J connectivity index is 1.79. The van der Waals surface area contributed by atoms with Crippen molar-refractivity contribution in [2.24, 2.45) is 5.10 Å². The summed E-state index contributed by atoms with van der Waals surface area (Å²) in [6, 6.07) is 12.6. The van der Waals surface area contributed by atoms with E-state index in [0.29, 0.717) is 33.7 Å². The topological polar surface area (TPSA) is 98.9 Å². The number of pyridine rings is 1. The number of aromatic nitrogens is 1. The van der Waals surface area contributed by atoms with Crippen LogP contribution in [0, 0.1) is 15.9 Å². The van der Waals surface area contributed by atoms with Crippen LogP contribution in [0.4, 0.5) is 15.9 Å². The molecule has 3 aromatic rings. The molecule has 1 N–H and O–H groups in total. The molecule has 0 saturated carbocycles. The molecule has 0 radical (unpaired) electrons. The first-order chi connectivity index (χ1) is 15.0. The smallest absolute Gasteiger partial charge is 0.313 e. The predicted molar refractivity (Wildman–Crippen MR) is 118 cm³/mol. The van der Waals surface area contributed by atoms with Gasteiger partial charge in [-0.05, 0) is 47.1 Å². The van der Waals surface area contributed by atoms with Crippen molar-refractivity contribution in [3.8, 4) is 11.5 Å². The van der Waals surface area contributed by atoms with Crippen molar-refractivity contribution in [2.75, 3.05) is 12.0 Å². The molecule has 0 aliphatic rings. The van der Waals surface area contributed by atoms with Gasteiger partial charge in [0.1, 0.15) is 12.4 Å². The predicted octanol–water partition coefficient (Wildman–Crippen LogP) is 5.32. The van der Waals surface area contributed by atoms with Gasteiger partial charge < -0.3 is 9.47 Å². The molecule has 31 heavy (non-hydrogen) atoms. The van der Waals surface area contributed by atoms with Crippen LogP contribution in [0.5, 0.6) is 11.5 Å². The maximum absolute atomic E-state index is 13.8. The normalized spacial score (nSPS) is 10.8. The third-order valence-electron chi connectivity index (χ3n) is 4.06. The minimum Gasteiger partial charge on any atom is -0.490 e. The SMILES string of the molecule is CCOc1cc(/C=N\Nc2ncccc2[N+](=O)[O-])c(Br)cc1OCc1ccccc1F. The quantitative estimate of drug-likeness (QED) is 0.248. The first kappa shape index (κ1) is 22.2. The van der Waals surface area contributed by atoms with Crippen molar-refractivity contribution in [1.29, 1.82) is 0 Å². The van der Waals surface area contributed by atoms with Gasteiger partial charge in [0.05, 0.1) is 17.7 Å². The lowest BCUT2D eigenvalue weighted by Gasteiger charge is -2.14. The highest BCUT2D eigenvalue weighted by molar-refractivity contribution is 9.10. The molecule has 0 aliphatic carbocycles. The molecule has 10 heteroatoms. The minimum atomic E-state index is -0.546. The van der Waals surface area contributed by atoms with Crippen molar-refractivity contribution in [1.82, 2.24) is 4.98 Å². The number of anilines is 1. The number of halogens is 2. The number of benzene rings is 2. The van der Waals surface area contributed by atoms with Crippen molar-refractivity contribution in [3.05, 3.63) is 86.3 Å². The average molecular weight is 489 g/mol. The second-order valence-corrected chi connectivity index (χ2v) is 6.99. The number of nitro groups is 1. The molecule has 0 unspecified atom stereocenters. The standard InChI is InChI=1S/C21H18BrFN4O4/c1-2-30-19-10-15(12-25-26-21-18(27(28)29)8-5-9-24-21)16(22)11-20(19)31-13-14-6-3-4-7-17(14)23/h3-12H,2,13H2,1H3,(H,24,26)/b25-12-. The fourth-order valence-corrected chi connectivity index (χ4v) is 3.02. The van der Waals surface area contributed by atoms with Gasteiger partial charge >= 0.3 is 5.69 Å². The Kier molecular flexibility index (Phi) is 7.50. The Hall–Kier alpha value is -3.53. The van der Waals surface area contributed by atoms with E-state index < -0.39 is 4.92 Å². The van der Waals surface area contributed by atoms with Crippen molar-refractivity contribution in [3.63, 3.8) is 0 Å². The van der Waals surface area contributed by atoms with E-state index in [2.05, 4.69) is 31.4 Å². The zero-order valence-electron chi connectivity index (χ0n) is 16.4. The van der Waals surface area contributed by atoms with Gasteiger partial charge in [0.2, 0.25) is 5.82 Å². The summed E-state index contributed by atoms with van der Waals surface area (Å²) in [4.78, 5) is 14.4. The molecule has 1 heterocycles. The van der Waals surface area contributed by atoms with Crippen LogP contribution in [0.2, 0.25) is 0 Å². The van der Waals surface area contributed by atoms with Crippen LogP contribution in [-0.2, 0) is 6.61 Å². The molecule has 160 valence electrons. The number of hydrogen-bond donors (Lipinski definition) is 1. The number of hydrogen-bond acceptors (Lipinski definition) is 7. The lowest BCUT2D eigenvalue weighted by atomic mass is 10.2. The second kappa shape index (κ2) is 10.5. The second-order valence-electron chi connectivity index (χ2n) is 6.13. The zero-order chi connectivity index (χ0) is 22.2. The molecular formula is C21H18BrFN4O4.